The van der Waals surface area contributed by atoms with Crippen LogP contribution in [0.5, 0.6) is 5.88 Å². The third-order valence-corrected chi connectivity index (χ3v) is 5.78. The maximum atomic E-state index is 12.4. The lowest BCUT2D eigenvalue weighted by Crippen LogP contribution is -2.33. The topological polar surface area (TPSA) is 126 Å². The number of nitrogens with one attached hydrogen (secondary N) is 2. The standard InChI is InChI=1S/C18H22N4O5/c23-13-7-14(27-4-3-12-6-10-1-2-11(12)5-10)22-17(20-9-21-22)16(13)18(26)19-8-15(24)25/h7,9-12H,1-6,8H2,(H,19,26)(H,20,21)(H,24,25). The van der Waals surface area contributed by atoms with Gasteiger partial charge in [0.1, 0.15) is 18.4 Å². The molecule has 3 N–H and O–H groups in total. The molecule has 2 aliphatic rings. The van der Waals surface area contributed by atoms with Crippen LogP contribution >= 0.6 is 0 Å². The average molecular weight is 374 g/mol. The van der Waals surface area contributed by atoms with Crippen molar-refractivity contribution in [1.29, 1.82) is 0 Å². The first-order valence-electron chi connectivity index (χ1n) is 9.25. The van der Waals surface area contributed by atoms with Gasteiger partial charge in [0.05, 0.1) is 6.61 Å². The third-order valence-electron chi connectivity index (χ3n) is 5.78. The zero-order valence-corrected chi connectivity index (χ0v) is 14.8. The quantitative estimate of drug-likeness (QED) is 0.665. The van der Waals surface area contributed by atoms with Gasteiger partial charge in [0.15, 0.2) is 5.65 Å². The van der Waals surface area contributed by atoms with Crippen LogP contribution in [0.25, 0.3) is 5.65 Å². The number of fused-ring (bicyclic) bond motifs is 3. The number of H-pyrrole nitrogens is 1. The molecule has 4 rings (SSSR count). The summed E-state index contributed by atoms with van der Waals surface area (Å²) >= 11 is 0. The van der Waals surface area contributed by atoms with E-state index >= 15 is 0 Å². The Morgan fingerprint density at radius 3 is 2.93 bits per heavy atom. The van der Waals surface area contributed by atoms with E-state index in [4.69, 9.17) is 9.84 Å². The van der Waals surface area contributed by atoms with Crippen LogP contribution in [0.1, 0.15) is 42.5 Å². The van der Waals surface area contributed by atoms with Crippen molar-refractivity contribution in [2.24, 2.45) is 17.8 Å². The number of aromatic amines is 1. The molecule has 9 nitrogen and oxygen atoms in total. The molecule has 2 aliphatic carbocycles. The van der Waals surface area contributed by atoms with Crippen LogP contribution in [0.4, 0.5) is 0 Å². The molecule has 2 fully saturated rings. The zero-order chi connectivity index (χ0) is 19.0. The number of carboxylic acid groups (broad SMARTS) is 1. The summed E-state index contributed by atoms with van der Waals surface area (Å²) < 4.78 is 7.26. The molecule has 3 atom stereocenters. The van der Waals surface area contributed by atoms with Crippen molar-refractivity contribution in [3.8, 4) is 5.88 Å². The summed E-state index contributed by atoms with van der Waals surface area (Å²) in [6, 6.07) is 1.24. The number of rotatable bonds is 7. The molecule has 0 spiro atoms. The van der Waals surface area contributed by atoms with E-state index in [0.717, 1.165) is 18.3 Å². The van der Waals surface area contributed by atoms with Gasteiger partial charge >= 0.3 is 5.97 Å². The van der Waals surface area contributed by atoms with Crippen LogP contribution in [0, 0.1) is 17.8 Å². The third kappa shape index (κ3) is 3.41. The minimum atomic E-state index is -1.19. The summed E-state index contributed by atoms with van der Waals surface area (Å²) in [5.74, 6) is 0.714. The predicted octanol–water partition coefficient (Wildman–Crippen LogP) is 1.04. The predicted molar refractivity (Wildman–Crippen MR) is 94.8 cm³/mol. The first kappa shape index (κ1) is 17.6. The van der Waals surface area contributed by atoms with E-state index in [1.807, 2.05) is 0 Å². The Bertz CT molecular complexity index is 933. The van der Waals surface area contributed by atoms with Crippen molar-refractivity contribution < 1.29 is 19.4 Å². The Hall–Kier alpha value is -2.84. The van der Waals surface area contributed by atoms with E-state index in [2.05, 4.69) is 15.4 Å². The maximum absolute atomic E-state index is 12.4. The van der Waals surface area contributed by atoms with Gasteiger partial charge in [-0.2, -0.15) is 0 Å². The summed E-state index contributed by atoms with van der Waals surface area (Å²) in [7, 11) is 0. The molecular weight excluding hydrogens is 352 g/mol. The van der Waals surface area contributed by atoms with E-state index < -0.39 is 23.9 Å². The first-order valence-corrected chi connectivity index (χ1v) is 9.25. The molecule has 2 aromatic rings. The van der Waals surface area contributed by atoms with Crippen molar-refractivity contribution in [1.82, 2.24) is 19.9 Å². The fourth-order valence-electron chi connectivity index (χ4n) is 4.58. The fourth-order valence-corrected chi connectivity index (χ4v) is 4.58. The maximum Gasteiger partial charge on any atom is 0.322 e. The number of nitrogens with zero attached hydrogens (tertiary/aromatic N) is 2. The largest absolute Gasteiger partial charge is 0.480 e. The smallest absolute Gasteiger partial charge is 0.322 e. The number of amides is 1. The molecule has 2 saturated carbocycles. The first-order chi connectivity index (χ1) is 13.0. The molecule has 0 saturated heterocycles. The van der Waals surface area contributed by atoms with Crippen molar-refractivity contribution in [3.05, 3.63) is 28.2 Å². The Morgan fingerprint density at radius 1 is 1.37 bits per heavy atom. The highest BCUT2D eigenvalue weighted by atomic mass is 16.5. The van der Waals surface area contributed by atoms with Crippen LogP contribution in [0.3, 0.4) is 0 Å². The van der Waals surface area contributed by atoms with Gasteiger partial charge in [-0.1, -0.05) is 6.42 Å². The van der Waals surface area contributed by atoms with Gasteiger partial charge < -0.3 is 15.2 Å². The van der Waals surface area contributed by atoms with Crippen molar-refractivity contribution in [3.63, 3.8) is 0 Å². The molecule has 144 valence electrons. The molecule has 27 heavy (non-hydrogen) atoms. The molecule has 0 aliphatic heterocycles. The average Bonchev–Trinajstić information content (AvgIpc) is 3.36. The summed E-state index contributed by atoms with van der Waals surface area (Å²) in [5, 5.41) is 13.7. The van der Waals surface area contributed by atoms with Crippen LogP contribution < -0.4 is 15.5 Å². The van der Waals surface area contributed by atoms with E-state index in [-0.39, 0.29) is 11.2 Å². The summed E-state index contributed by atoms with van der Waals surface area (Å²) in [6.07, 6.45) is 7.60. The summed E-state index contributed by atoms with van der Waals surface area (Å²) in [5.41, 5.74) is -0.654. The van der Waals surface area contributed by atoms with Gasteiger partial charge in [0.25, 0.3) is 5.91 Å². The second kappa shape index (κ2) is 7.05. The highest BCUT2D eigenvalue weighted by molar-refractivity contribution is 6.00. The van der Waals surface area contributed by atoms with Gasteiger partial charge in [0, 0.05) is 6.07 Å². The van der Waals surface area contributed by atoms with Crippen LogP contribution in [-0.2, 0) is 4.79 Å². The number of hydrogen-bond donors (Lipinski definition) is 3. The Morgan fingerprint density at radius 2 is 2.22 bits per heavy atom. The molecule has 2 heterocycles. The number of hydrogen-bond acceptors (Lipinski definition) is 5. The molecule has 2 aromatic heterocycles. The molecule has 9 heteroatoms. The lowest BCUT2D eigenvalue weighted by molar-refractivity contribution is -0.135. The van der Waals surface area contributed by atoms with E-state index in [1.165, 1.54) is 42.6 Å². The molecule has 0 aromatic carbocycles. The lowest BCUT2D eigenvalue weighted by Gasteiger charge is -2.21. The van der Waals surface area contributed by atoms with Crippen molar-refractivity contribution in [2.45, 2.75) is 32.1 Å². The van der Waals surface area contributed by atoms with Gasteiger partial charge in [-0.05, 0) is 43.4 Å². The number of pyridine rings is 1. The van der Waals surface area contributed by atoms with Crippen LogP contribution in [-0.4, -0.2) is 44.7 Å². The monoisotopic (exact) mass is 374 g/mol. The molecule has 1 amide bonds. The SMILES string of the molecule is O=C(O)CNC(=O)c1c(=O)cc(OCCC2CC3CCC2C3)n2[nH]cnc12. The van der Waals surface area contributed by atoms with Crippen LogP contribution in [0.15, 0.2) is 17.2 Å². The van der Waals surface area contributed by atoms with E-state index in [1.54, 1.807) is 0 Å². The Labute approximate surface area is 154 Å². The number of ether oxygens (including phenoxy) is 1. The van der Waals surface area contributed by atoms with Gasteiger partial charge in [0.2, 0.25) is 11.3 Å². The normalized spacial score (nSPS) is 23.6. The van der Waals surface area contributed by atoms with E-state index in [9.17, 15) is 14.4 Å². The number of carbonyl (C=O) groups is 2. The highest BCUT2D eigenvalue weighted by Crippen LogP contribution is 2.49. The molecule has 0 radical (unpaired) electrons. The van der Waals surface area contributed by atoms with Crippen molar-refractivity contribution in [2.75, 3.05) is 13.2 Å². The van der Waals surface area contributed by atoms with Gasteiger partial charge in [-0.3, -0.25) is 19.5 Å². The molecular formula is C18H22N4O5. The summed E-state index contributed by atoms with van der Waals surface area (Å²) in [6.45, 7) is -0.0737. The Balaban J connectivity index is 1.48. The second-order valence-electron chi connectivity index (χ2n) is 7.42. The number of aliphatic carboxylic acids is 1. The molecule has 3 unspecified atom stereocenters. The minimum Gasteiger partial charge on any atom is -0.480 e. The lowest BCUT2D eigenvalue weighted by atomic mass is 9.87. The number of carboxylic acids is 1. The zero-order valence-electron chi connectivity index (χ0n) is 14.8. The molecule has 2 bridgehead atoms. The van der Waals surface area contributed by atoms with Gasteiger partial charge in [-0.25, -0.2) is 9.50 Å². The van der Waals surface area contributed by atoms with Crippen LogP contribution in [0.2, 0.25) is 0 Å². The summed E-state index contributed by atoms with van der Waals surface area (Å²) in [4.78, 5) is 39.2. The Kier molecular flexibility index (Phi) is 4.59. The second-order valence-corrected chi connectivity index (χ2v) is 7.42. The van der Waals surface area contributed by atoms with Crippen molar-refractivity contribution >= 4 is 17.5 Å². The highest BCUT2D eigenvalue weighted by Gasteiger charge is 2.39. The number of aromatic nitrogens is 3. The van der Waals surface area contributed by atoms with Gasteiger partial charge in [-0.15, -0.1) is 0 Å². The minimum absolute atomic E-state index is 0.111. The van der Waals surface area contributed by atoms with E-state index in [0.29, 0.717) is 18.4 Å². The number of carbonyl (C=O) groups excluding carboxylic acids is 1. The fraction of sp³-hybridized carbons (Fsp3) is 0.556.